The van der Waals surface area contributed by atoms with Crippen LogP contribution in [0.5, 0.6) is 0 Å². The van der Waals surface area contributed by atoms with Gasteiger partial charge >= 0.3 is 0 Å². The van der Waals surface area contributed by atoms with Gasteiger partial charge in [0, 0.05) is 5.56 Å². The summed E-state index contributed by atoms with van der Waals surface area (Å²) in [7, 11) is 0. The lowest BCUT2D eigenvalue weighted by Gasteiger charge is -1.99. The molecule has 0 fully saturated rings. The molecule has 0 aliphatic rings. The molecular formula is C12H8N2OS. The molecule has 0 unspecified atom stereocenters. The zero-order valence-electron chi connectivity index (χ0n) is 8.31. The minimum absolute atomic E-state index is 0.387. The number of carbonyl (C=O) groups is 1. The maximum atomic E-state index is 10.9. The number of carbonyl (C=O) groups excluding carboxylic acids is 1. The van der Waals surface area contributed by atoms with Crippen LogP contribution in [-0.2, 0) is 0 Å². The highest BCUT2D eigenvalue weighted by atomic mass is 32.1. The molecule has 0 saturated carbocycles. The van der Waals surface area contributed by atoms with E-state index in [1.165, 1.54) is 0 Å². The summed E-state index contributed by atoms with van der Waals surface area (Å²) in [6, 6.07) is 11.4. The van der Waals surface area contributed by atoms with Gasteiger partial charge in [0.1, 0.15) is 11.1 Å². The number of anilines is 1. The van der Waals surface area contributed by atoms with E-state index in [9.17, 15) is 4.79 Å². The highest BCUT2D eigenvalue weighted by molar-refractivity contribution is 7.18. The molecule has 1 heterocycles. The highest BCUT2D eigenvalue weighted by Gasteiger charge is 2.16. The minimum Gasteiger partial charge on any atom is -0.389 e. The largest absolute Gasteiger partial charge is 0.389 e. The van der Waals surface area contributed by atoms with Crippen LogP contribution in [0.3, 0.4) is 0 Å². The average molecular weight is 228 g/mol. The zero-order valence-corrected chi connectivity index (χ0v) is 9.12. The van der Waals surface area contributed by atoms with Crippen LogP contribution in [0.4, 0.5) is 5.00 Å². The van der Waals surface area contributed by atoms with E-state index in [-0.39, 0.29) is 0 Å². The number of nitriles is 1. The lowest BCUT2D eigenvalue weighted by Crippen LogP contribution is -1.86. The summed E-state index contributed by atoms with van der Waals surface area (Å²) in [6.07, 6.45) is 0.740. The molecular weight excluding hydrogens is 220 g/mol. The van der Waals surface area contributed by atoms with E-state index in [0.29, 0.717) is 21.0 Å². The Morgan fingerprint density at radius 2 is 2.00 bits per heavy atom. The zero-order chi connectivity index (χ0) is 11.5. The molecule has 16 heavy (non-hydrogen) atoms. The Bertz CT molecular complexity index is 567. The molecule has 2 N–H and O–H groups in total. The molecule has 0 saturated heterocycles. The first-order valence-electron chi connectivity index (χ1n) is 4.61. The molecule has 2 rings (SSSR count). The molecule has 0 atom stereocenters. The fourth-order valence-electron chi connectivity index (χ4n) is 1.55. The number of thiophene rings is 1. The Labute approximate surface area is 96.8 Å². The van der Waals surface area contributed by atoms with Crippen LogP contribution in [-0.4, -0.2) is 6.29 Å². The van der Waals surface area contributed by atoms with Crippen molar-refractivity contribution in [3.63, 3.8) is 0 Å². The van der Waals surface area contributed by atoms with Crippen LogP contribution >= 0.6 is 11.3 Å². The van der Waals surface area contributed by atoms with Crippen LogP contribution in [0.1, 0.15) is 15.2 Å². The number of nitrogens with zero attached hydrogens (tertiary/aromatic N) is 1. The number of nitrogen functional groups attached to an aromatic ring is 1. The lowest BCUT2D eigenvalue weighted by molar-refractivity contribution is 0.112. The first kappa shape index (κ1) is 10.4. The molecule has 1 aromatic carbocycles. The predicted octanol–water partition coefficient (Wildman–Crippen LogP) is 2.68. The molecule has 0 amide bonds. The Kier molecular flexibility index (Phi) is 2.71. The van der Waals surface area contributed by atoms with Crippen molar-refractivity contribution in [2.45, 2.75) is 0 Å². The maximum Gasteiger partial charge on any atom is 0.160 e. The Morgan fingerprint density at radius 3 is 2.56 bits per heavy atom. The first-order chi connectivity index (χ1) is 7.77. The standard InChI is InChI=1S/C12H8N2OS/c13-6-9-11(8-4-2-1-3-5-8)10(7-15)16-12(9)14/h1-5,7H,14H2. The lowest BCUT2D eigenvalue weighted by atomic mass is 10.0. The number of nitrogens with two attached hydrogens (primary N) is 1. The van der Waals surface area contributed by atoms with Gasteiger partial charge in [0.05, 0.1) is 10.4 Å². The van der Waals surface area contributed by atoms with Gasteiger partial charge in [-0.05, 0) is 5.56 Å². The quantitative estimate of drug-likeness (QED) is 0.803. The third-order valence-corrected chi connectivity index (χ3v) is 3.19. The molecule has 2 aromatic rings. The van der Waals surface area contributed by atoms with Crippen LogP contribution in [0.2, 0.25) is 0 Å². The van der Waals surface area contributed by atoms with Gasteiger partial charge in [-0.2, -0.15) is 5.26 Å². The summed E-state index contributed by atoms with van der Waals surface area (Å²) in [5.74, 6) is 0. The van der Waals surface area contributed by atoms with Crippen molar-refractivity contribution in [1.29, 1.82) is 5.26 Å². The Hall–Kier alpha value is -2.12. The number of benzene rings is 1. The molecule has 4 heteroatoms. The second-order valence-corrected chi connectivity index (χ2v) is 4.26. The van der Waals surface area contributed by atoms with Crippen LogP contribution in [0, 0.1) is 11.3 Å². The van der Waals surface area contributed by atoms with Gasteiger partial charge in [0.2, 0.25) is 0 Å². The van der Waals surface area contributed by atoms with Crippen molar-refractivity contribution in [2.24, 2.45) is 0 Å². The van der Waals surface area contributed by atoms with E-state index >= 15 is 0 Å². The summed E-state index contributed by atoms with van der Waals surface area (Å²) in [5.41, 5.74) is 7.57. The van der Waals surface area contributed by atoms with Gasteiger partial charge in [0.15, 0.2) is 6.29 Å². The normalized spacial score (nSPS) is 9.69. The van der Waals surface area contributed by atoms with Crippen molar-refractivity contribution >= 4 is 22.6 Å². The number of rotatable bonds is 2. The fourth-order valence-corrected chi connectivity index (χ4v) is 2.41. The van der Waals surface area contributed by atoms with E-state index in [2.05, 4.69) is 0 Å². The second-order valence-electron chi connectivity index (χ2n) is 3.18. The van der Waals surface area contributed by atoms with Crippen molar-refractivity contribution < 1.29 is 4.79 Å². The van der Waals surface area contributed by atoms with Crippen LogP contribution in [0.15, 0.2) is 30.3 Å². The number of hydrogen-bond acceptors (Lipinski definition) is 4. The SMILES string of the molecule is N#Cc1c(N)sc(C=O)c1-c1ccccc1. The summed E-state index contributed by atoms with van der Waals surface area (Å²) >= 11 is 1.15. The molecule has 0 spiro atoms. The Balaban J connectivity index is 2.73. The van der Waals surface area contributed by atoms with Crippen LogP contribution < -0.4 is 5.73 Å². The predicted molar refractivity (Wildman–Crippen MR) is 64.3 cm³/mol. The molecule has 0 aliphatic carbocycles. The monoisotopic (exact) mass is 228 g/mol. The van der Waals surface area contributed by atoms with Crippen LogP contribution in [0.25, 0.3) is 11.1 Å². The summed E-state index contributed by atoms with van der Waals surface area (Å²) in [5, 5.41) is 9.42. The third kappa shape index (κ3) is 1.58. The number of hydrogen-bond donors (Lipinski definition) is 1. The minimum atomic E-state index is 0.387. The van der Waals surface area contributed by atoms with Crippen molar-refractivity contribution in [1.82, 2.24) is 0 Å². The van der Waals surface area contributed by atoms with Gasteiger partial charge in [0.25, 0.3) is 0 Å². The third-order valence-electron chi connectivity index (χ3n) is 2.24. The van der Waals surface area contributed by atoms with Gasteiger partial charge < -0.3 is 5.73 Å². The molecule has 1 aromatic heterocycles. The summed E-state index contributed by atoms with van der Waals surface area (Å²) < 4.78 is 0. The summed E-state index contributed by atoms with van der Waals surface area (Å²) in [4.78, 5) is 11.4. The fraction of sp³-hybridized carbons (Fsp3) is 0. The van der Waals surface area contributed by atoms with E-state index in [1.807, 2.05) is 36.4 Å². The van der Waals surface area contributed by atoms with Gasteiger partial charge in [-0.1, -0.05) is 30.3 Å². The summed E-state index contributed by atoms with van der Waals surface area (Å²) in [6.45, 7) is 0. The number of aldehydes is 1. The van der Waals surface area contributed by atoms with Crippen molar-refractivity contribution in [3.8, 4) is 17.2 Å². The second kappa shape index (κ2) is 4.17. The Morgan fingerprint density at radius 1 is 1.31 bits per heavy atom. The molecule has 3 nitrogen and oxygen atoms in total. The van der Waals surface area contributed by atoms with Gasteiger partial charge in [-0.25, -0.2) is 0 Å². The van der Waals surface area contributed by atoms with E-state index < -0.39 is 0 Å². The van der Waals surface area contributed by atoms with E-state index in [4.69, 9.17) is 11.0 Å². The van der Waals surface area contributed by atoms with E-state index in [0.717, 1.165) is 23.2 Å². The van der Waals surface area contributed by atoms with Crippen molar-refractivity contribution in [3.05, 3.63) is 40.8 Å². The van der Waals surface area contributed by atoms with Crippen molar-refractivity contribution in [2.75, 3.05) is 5.73 Å². The van der Waals surface area contributed by atoms with Gasteiger partial charge in [-0.3, -0.25) is 4.79 Å². The first-order valence-corrected chi connectivity index (χ1v) is 5.42. The molecule has 0 bridgehead atoms. The maximum absolute atomic E-state index is 10.9. The smallest absolute Gasteiger partial charge is 0.160 e. The van der Waals surface area contributed by atoms with E-state index in [1.54, 1.807) is 0 Å². The highest BCUT2D eigenvalue weighted by Crippen LogP contribution is 2.36. The topological polar surface area (TPSA) is 66.9 Å². The molecule has 0 aliphatic heterocycles. The molecule has 78 valence electrons. The average Bonchev–Trinajstić information content (AvgIpc) is 2.66. The van der Waals surface area contributed by atoms with Gasteiger partial charge in [-0.15, -0.1) is 11.3 Å². The molecule has 0 radical (unpaired) electrons.